The number of nitrogens with zero attached hydrogens (tertiary/aromatic N) is 1. The summed E-state index contributed by atoms with van der Waals surface area (Å²) < 4.78 is 5.46. The first-order valence-electron chi connectivity index (χ1n) is 4.32. The molecular weight excluding hydrogens is 211 g/mol. The predicted octanol–water partition coefficient (Wildman–Crippen LogP) is 0.650. The summed E-state index contributed by atoms with van der Waals surface area (Å²) >= 11 is 0. The van der Waals surface area contributed by atoms with Crippen molar-refractivity contribution in [3.8, 4) is 0 Å². The molecule has 5 heteroatoms. The molecule has 2 aliphatic rings. The molecule has 2 saturated heterocycles. The van der Waals surface area contributed by atoms with Gasteiger partial charge in [-0.05, 0) is 19.9 Å². The lowest BCUT2D eigenvalue weighted by atomic mass is 9.91. The quantitative estimate of drug-likeness (QED) is 0.662. The fourth-order valence-corrected chi connectivity index (χ4v) is 2.14. The van der Waals surface area contributed by atoms with E-state index in [1.807, 2.05) is 0 Å². The van der Waals surface area contributed by atoms with Gasteiger partial charge >= 0.3 is 0 Å². The molecule has 0 aromatic carbocycles. The second-order valence-electron chi connectivity index (χ2n) is 3.74. The minimum atomic E-state index is 0. The van der Waals surface area contributed by atoms with Crippen LogP contribution in [0.4, 0.5) is 0 Å². The van der Waals surface area contributed by atoms with Crippen LogP contribution in [0.15, 0.2) is 0 Å². The summed E-state index contributed by atoms with van der Waals surface area (Å²) in [6.45, 7) is 1.75. The van der Waals surface area contributed by atoms with Crippen LogP contribution in [0, 0.1) is 0 Å². The Morgan fingerprint density at radius 1 is 1.15 bits per heavy atom. The third-order valence-electron chi connectivity index (χ3n) is 2.92. The largest absolute Gasteiger partial charge is 0.378 e. The maximum absolute atomic E-state index is 5.90. The molecule has 0 amide bonds. The van der Waals surface area contributed by atoms with E-state index in [2.05, 4.69) is 11.9 Å². The third-order valence-corrected chi connectivity index (χ3v) is 2.92. The first-order chi connectivity index (χ1) is 5.27. The number of morpholine rings is 1. The molecule has 2 heterocycles. The van der Waals surface area contributed by atoms with Crippen LogP contribution >= 0.6 is 24.8 Å². The van der Waals surface area contributed by atoms with Gasteiger partial charge in [0.15, 0.2) is 0 Å². The van der Waals surface area contributed by atoms with Crippen LogP contribution in [0.5, 0.6) is 0 Å². The van der Waals surface area contributed by atoms with E-state index in [0.29, 0.717) is 18.1 Å². The zero-order valence-electron chi connectivity index (χ0n) is 7.81. The zero-order valence-corrected chi connectivity index (χ0v) is 9.44. The van der Waals surface area contributed by atoms with Crippen LogP contribution in [-0.4, -0.2) is 43.3 Å². The lowest BCUT2D eigenvalue weighted by Crippen LogP contribution is -2.57. The van der Waals surface area contributed by atoms with Gasteiger partial charge in [-0.25, -0.2) is 0 Å². The molecule has 2 aliphatic heterocycles. The van der Waals surface area contributed by atoms with Crippen LogP contribution in [-0.2, 0) is 4.74 Å². The van der Waals surface area contributed by atoms with Gasteiger partial charge in [-0.2, -0.15) is 0 Å². The Balaban J connectivity index is 0.000000720. The fourth-order valence-electron chi connectivity index (χ4n) is 2.14. The van der Waals surface area contributed by atoms with Crippen molar-refractivity contribution in [2.24, 2.45) is 5.73 Å². The van der Waals surface area contributed by atoms with Gasteiger partial charge < -0.3 is 10.5 Å². The Bertz CT molecular complexity index is 145. The zero-order chi connectivity index (χ0) is 7.84. The van der Waals surface area contributed by atoms with Crippen molar-refractivity contribution in [3.05, 3.63) is 0 Å². The van der Waals surface area contributed by atoms with Gasteiger partial charge in [0.25, 0.3) is 0 Å². The van der Waals surface area contributed by atoms with Crippen molar-refractivity contribution < 1.29 is 4.74 Å². The molecule has 2 rings (SSSR count). The third kappa shape index (κ3) is 2.70. The number of likely N-dealkylation sites (N-methyl/N-ethyl adjacent to an activating group) is 1. The van der Waals surface area contributed by atoms with E-state index >= 15 is 0 Å². The number of halogens is 2. The number of hydrogen-bond donors (Lipinski definition) is 1. The molecule has 0 aromatic rings. The molecule has 0 spiro atoms. The van der Waals surface area contributed by atoms with Crippen molar-refractivity contribution >= 4 is 24.8 Å². The molecule has 2 bridgehead atoms. The van der Waals surface area contributed by atoms with Crippen molar-refractivity contribution in [2.45, 2.75) is 31.0 Å². The SMILES string of the molecule is CN1[C@@H]2COC[C@H]1CC(N)C2.Cl.Cl. The van der Waals surface area contributed by atoms with Gasteiger partial charge in [0.2, 0.25) is 0 Å². The van der Waals surface area contributed by atoms with E-state index in [-0.39, 0.29) is 24.8 Å². The van der Waals surface area contributed by atoms with Gasteiger partial charge in [-0.15, -0.1) is 24.8 Å². The smallest absolute Gasteiger partial charge is 0.0623 e. The van der Waals surface area contributed by atoms with E-state index in [1.165, 1.54) is 0 Å². The summed E-state index contributed by atoms with van der Waals surface area (Å²) in [7, 11) is 2.18. The number of nitrogens with two attached hydrogens (primary N) is 1. The Hall–Kier alpha value is 0.460. The summed E-state index contributed by atoms with van der Waals surface area (Å²) in [4.78, 5) is 2.42. The highest BCUT2D eigenvalue weighted by atomic mass is 35.5. The Morgan fingerprint density at radius 2 is 1.62 bits per heavy atom. The summed E-state index contributed by atoms with van der Waals surface area (Å²) in [5.41, 5.74) is 5.90. The molecular formula is C8H18Cl2N2O. The van der Waals surface area contributed by atoms with E-state index < -0.39 is 0 Å². The number of fused-ring (bicyclic) bond motifs is 2. The molecule has 2 fully saturated rings. The van der Waals surface area contributed by atoms with Crippen molar-refractivity contribution in [2.75, 3.05) is 20.3 Å². The van der Waals surface area contributed by atoms with E-state index in [4.69, 9.17) is 10.5 Å². The monoisotopic (exact) mass is 228 g/mol. The standard InChI is InChI=1S/C8H16N2O.2ClH/c1-10-7-2-6(9)3-8(10)5-11-4-7;;/h6-8H,2-5,9H2,1H3;2*1H/t6?,7-,8+;;. The molecule has 0 saturated carbocycles. The Morgan fingerprint density at radius 3 is 2.08 bits per heavy atom. The maximum atomic E-state index is 5.90. The molecule has 0 aromatic heterocycles. The molecule has 80 valence electrons. The lowest BCUT2D eigenvalue weighted by molar-refractivity contribution is -0.0644. The second-order valence-corrected chi connectivity index (χ2v) is 3.74. The molecule has 13 heavy (non-hydrogen) atoms. The second kappa shape index (κ2) is 5.37. The van der Waals surface area contributed by atoms with Crippen LogP contribution in [0.1, 0.15) is 12.8 Å². The summed E-state index contributed by atoms with van der Waals surface area (Å²) in [6.07, 6.45) is 2.21. The average molecular weight is 229 g/mol. The van der Waals surface area contributed by atoms with Gasteiger partial charge in [0.05, 0.1) is 13.2 Å². The molecule has 0 radical (unpaired) electrons. The van der Waals surface area contributed by atoms with E-state index in [9.17, 15) is 0 Å². The number of ether oxygens (including phenoxy) is 1. The molecule has 1 unspecified atom stereocenters. The molecule has 0 aliphatic carbocycles. The normalized spacial score (nSPS) is 38.8. The lowest BCUT2D eigenvalue weighted by Gasteiger charge is -2.45. The van der Waals surface area contributed by atoms with Gasteiger partial charge in [-0.1, -0.05) is 0 Å². The number of piperidine rings is 1. The highest BCUT2D eigenvalue weighted by molar-refractivity contribution is 5.85. The van der Waals surface area contributed by atoms with Crippen LogP contribution in [0.3, 0.4) is 0 Å². The van der Waals surface area contributed by atoms with Gasteiger partial charge in [0.1, 0.15) is 0 Å². The Labute approximate surface area is 91.8 Å². The van der Waals surface area contributed by atoms with Gasteiger partial charge in [0, 0.05) is 18.1 Å². The maximum Gasteiger partial charge on any atom is 0.0623 e. The topological polar surface area (TPSA) is 38.5 Å². The predicted molar refractivity (Wildman–Crippen MR) is 57.9 cm³/mol. The minimum Gasteiger partial charge on any atom is -0.378 e. The summed E-state index contributed by atoms with van der Waals surface area (Å²) in [5, 5.41) is 0. The van der Waals surface area contributed by atoms with Crippen LogP contribution in [0.2, 0.25) is 0 Å². The number of hydrogen-bond acceptors (Lipinski definition) is 3. The fraction of sp³-hybridized carbons (Fsp3) is 1.00. The summed E-state index contributed by atoms with van der Waals surface area (Å²) in [5.74, 6) is 0. The van der Waals surface area contributed by atoms with Crippen molar-refractivity contribution in [3.63, 3.8) is 0 Å². The minimum absolute atomic E-state index is 0. The van der Waals surface area contributed by atoms with E-state index in [1.54, 1.807) is 0 Å². The van der Waals surface area contributed by atoms with Gasteiger partial charge in [-0.3, -0.25) is 4.90 Å². The number of rotatable bonds is 0. The first-order valence-corrected chi connectivity index (χ1v) is 4.32. The molecule has 2 N–H and O–H groups in total. The van der Waals surface area contributed by atoms with Crippen LogP contribution < -0.4 is 5.73 Å². The highest BCUT2D eigenvalue weighted by Crippen LogP contribution is 2.24. The highest BCUT2D eigenvalue weighted by Gasteiger charge is 2.34. The van der Waals surface area contributed by atoms with Crippen molar-refractivity contribution in [1.29, 1.82) is 0 Å². The molecule has 3 atom stereocenters. The molecule has 3 nitrogen and oxygen atoms in total. The van der Waals surface area contributed by atoms with Crippen LogP contribution in [0.25, 0.3) is 0 Å². The van der Waals surface area contributed by atoms with E-state index in [0.717, 1.165) is 26.1 Å². The first kappa shape index (κ1) is 13.5. The van der Waals surface area contributed by atoms with Crippen molar-refractivity contribution in [1.82, 2.24) is 4.90 Å². The average Bonchev–Trinajstić information content (AvgIpc) is 1.92. The Kier molecular flexibility index (Phi) is 5.56. The summed E-state index contributed by atoms with van der Waals surface area (Å²) in [6, 6.07) is 1.57.